The molecule has 2 aromatic heterocycles. The van der Waals surface area contributed by atoms with E-state index in [1.54, 1.807) is 0 Å². The second-order valence-electron chi connectivity index (χ2n) is 8.40. The maximum Gasteiger partial charge on any atom is 0.137 e. The van der Waals surface area contributed by atoms with Crippen molar-refractivity contribution in [1.29, 1.82) is 0 Å². The minimum Gasteiger partial charge on any atom is -0.378 e. The predicted molar refractivity (Wildman–Crippen MR) is 101 cm³/mol. The fourth-order valence-corrected chi connectivity index (χ4v) is 4.92. The van der Waals surface area contributed by atoms with Gasteiger partial charge in [0.15, 0.2) is 0 Å². The smallest absolute Gasteiger partial charge is 0.137 e. The normalized spacial score (nSPS) is 32.2. The number of aromatic nitrogens is 2. The van der Waals surface area contributed by atoms with E-state index in [1.165, 1.54) is 18.2 Å². The SMILES string of the molecule is CO[C@@]12CC[C@@H](OCC3CC3)C[C@@H]1N(Cc1ccc3cc[nH]c3n1)CC2. The molecule has 26 heavy (non-hydrogen) atoms. The molecule has 5 heteroatoms. The molecule has 2 saturated carbocycles. The first kappa shape index (κ1) is 16.7. The monoisotopic (exact) mass is 355 g/mol. The van der Waals surface area contributed by atoms with E-state index in [4.69, 9.17) is 14.5 Å². The van der Waals surface area contributed by atoms with Gasteiger partial charge in [-0.1, -0.05) is 0 Å². The van der Waals surface area contributed by atoms with E-state index < -0.39 is 0 Å². The van der Waals surface area contributed by atoms with Crippen molar-refractivity contribution in [3.05, 3.63) is 30.1 Å². The van der Waals surface area contributed by atoms with Gasteiger partial charge in [0.25, 0.3) is 0 Å². The minimum atomic E-state index is 0.00989. The van der Waals surface area contributed by atoms with Crippen LogP contribution in [0.25, 0.3) is 11.0 Å². The van der Waals surface area contributed by atoms with Crippen molar-refractivity contribution >= 4 is 11.0 Å². The van der Waals surface area contributed by atoms with Crippen LogP contribution in [0.3, 0.4) is 0 Å². The van der Waals surface area contributed by atoms with Gasteiger partial charge < -0.3 is 14.5 Å². The molecule has 5 rings (SSSR count). The average Bonchev–Trinajstić information content (AvgIpc) is 3.27. The summed E-state index contributed by atoms with van der Waals surface area (Å²) in [5.41, 5.74) is 2.12. The Morgan fingerprint density at radius 2 is 2.15 bits per heavy atom. The predicted octanol–water partition coefficient (Wildman–Crippen LogP) is 3.50. The van der Waals surface area contributed by atoms with Crippen LogP contribution in [-0.2, 0) is 16.0 Å². The maximum absolute atomic E-state index is 6.25. The first-order valence-electron chi connectivity index (χ1n) is 10.1. The first-order chi connectivity index (χ1) is 12.8. The fourth-order valence-electron chi connectivity index (χ4n) is 4.92. The molecule has 3 fully saturated rings. The lowest BCUT2D eigenvalue weighted by molar-refractivity contribution is -0.103. The zero-order chi connectivity index (χ0) is 17.6. The number of H-pyrrole nitrogens is 1. The van der Waals surface area contributed by atoms with Crippen LogP contribution in [0.1, 0.15) is 44.2 Å². The number of likely N-dealkylation sites (tertiary alicyclic amines) is 1. The van der Waals surface area contributed by atoms with Gasteiger partial charge in [-0.15, -0.1) is 0 Å². The lowest BCUT2D eigenvalue weighted by Gasteiger charge is -2.43. The number of hydrogen-bond donors (Lipinski definition) is 1. The summed E-state index contributed by atoms with van der Waals surface area (Å²) in [5.74, 6) is 0.834. The summed E-state index contributed by atoms with van der Waals surface area (Å²) in [7, 11) is 1.89. The Labute approximate surface area is 155 Å². The van der Waals surface area contributed by atoms with Crippen molar-refractivity contribution in [2.24, 2.45) is 5.92 Å². The van der Waals surface area contributed by atoms with E-state index in [1.807, 2.05) is 13.3 Å². The van der Waals surface area contributed by atoms with E-state index in [0.29, 0.717) is 12.1 Å². The molecule has 1 aliphatic heterocycles. The number of fused-ring (bicyclic) bond motifs is 2. The summed E-state index contributed by atoms with van der Waals surface area (Å²) < 4.78 is 12.3. The Morgan fingerprint density at radius 1 is 1.23 bits per heavy atom. The summed E-state index contributed by atoms with van der Waals surface area (Å²) in [6.45, 7) is 2.93. The van der Waals surface area contributed by atoms with Gasteiger partial charge in [-0.05, 0) is 62.6 Å². The third kappa shape index (κ3) is 3.06. The molecule has 5 nitrogen and oxygen atoms in total. The van der Waals surface area contributed by atoms with E-state index in [9.17, 15) is 0 Å². The Hall–Kier alpha value is -1.43. The van der Waals surface area contributed by atoms with Crippen molar-refractivity contribution in [1.82, 2.24) is 14.9 Å². The molecular weight excluding hydrogens is 326 g/mol. The van der Waals surface area contributed by atoms with Crippen LogP contribution < -0.4 is 0 Å². The number of rotatable bonds is 6. The zero-order valence-electron chi connectivity index (χ0n) is 15.6. The molecule has 0 aromatic carbocycles. The highest BCUT2D eigenvalue weighted by Crippen LogP contribution is 2.44. The number of nitrogens with one attached hydrogen (secondary N) is 1. The highest BCUT2D eigenvalue weighted by Gasteiger charge is 2.51. The van der Waals surface area contributed by atoms with Crippen LogP contribution in [0.5, 0.6) is 0 Å². The van der Waals surface area contributed by atoms with Crippen molar-refractivity contribution in [2.75, 3.05) is 20.3 Å². The first-order valence-corrected chi connectivity index (χ1v) is 10.1. The number of pyridine rings is 1. The van der Waals surface area contributed by atoms with Crippen molar-refractivity contribution in [3.63, 3.8) is 0 Å². The van der Waals surface area contributed by atoms with Gasteiger partial charge in [-0.25, -0.2) is 4.98 Å². The third-order valence-corrected chi connectivity index (χ3v) is 6.75. The molecule has 140 valence electrons. The van der Waals surface area contributed by atoms with Crippen LogP contribution in [0.2, 0.25) is 0 Å². The highest BCUT2D eigenvalue weighted by atomic mass is 16.5. The number of hydrogen-bond acceptors (Lipinski definition) is 4. The Balaban J connectivity index is 1.31. The van der Waals surface area contributed by atoms with Crippen LogP contribution in [0, 0.1) is 5.92 Å². The molecule has 0 amide bonds. The summed E-state index contributed by atoms with van der Waals surface area (Å²) >= 11 is 0. The van der Waals surface area contributed by atoms with Gasteiger partial charge in [0.1, 0.15) is 5.65 Å². The van der Waals surface area contributed by atoms with Crippen molar-refractivity contribution < 1.29 is 9.47 Å². The Morgan fingerprint density at radius 3 is 3.00 bits per heavy atom. The second-order valence-corrected chi connectivity index (χ2v) is 8.40. The number of ether oxygens (including phenoxy) is 2. The van der Waals surface area contributed by atoms with Crippen LogP contribution in [-0.4, -0.2) is 52.9 Å². The molecule has 0 radical (unpaired) electrons. The highest BCUT2D eigenvalue weighted by molar-refractivity contribution is 5.75. The molecule has 2 aliphatic carbocycles. The van der Waals surface area contributed by atoms with Gasteiger partial charge in [-0.2, -0.15) is 0 Å². The summed E-state index contributed by atoms with van der Waals surface area (Å²) in [6.07, 6.45) is 9.52. The Bertz CT molecular complexity index is 771. The number of aromatic amines is 1. The molecule has 3 aliphatic rings. The summed E-state index contributed by atoms with van der Waals surface area (Å²) in [5, 5.41) is 1.17. The standard InChI is InChI=1S/C21H29N3O2/c1-25-21-8-6-18(26-14-15-2-3-15)12-19(21)24(11-9-21)13-17-5-4-16-7-10-22-20(16)23-17/h4-5,7,10,15,18-19H,2-3,6,8-9,11-14H2,1H3,(H,22,23)/t18-,19+,21-/m1/s1. The molecular formula is C21H29N3O2. The van der Waals surface area contributed by atoms with E-state index in [0.717, 1.165) is 62.6 Å². The largest absolute Gasteiger partial charge is 0.378 e. The molecule has 0 bridgehead atoms. The van der Waals surface area contributed by atoms with Gasteiger partial charge in [0.05, 0.1) is 17.4 Å². The van der Waals surface area contributed by atoms with Gasteiger partial charge >= 0.3 is 0 Å². The average molecular weight is 355 g/mol. The van der Waals surface area contributed by atoms with Gasteiger partial charge in [0.2, 0.25) is 0 Å². The molecule has 0 spiro atoms. The molecule has 2 aromatic rings. The Kier molecular flexibility index (Phi) is 4.26. The molecule has 3 atom stereocenters. The molecule has 1 saturated heterocycles. The topological polar surface area (TPSA) is 50.4 Å². The van der Waals surface area contributed by atoms with E-state index >= 15 is 0 Å². The maximum atomic E-state index is 6.25. The van der Waals surface area contributed by atoms with Crippen LogP contribution >= 0.6 is 0 Å². The molecule has 1 N–H and O–H groups in total. The van der Waals surface area contributed by atoms with E-state index in [2.05, 4.69) is 28.1 Å². The number of nitrogens with zero attached hydrogens (tertiary/aromatic N) is 2. The number of methoxy groups -OCH3 is 1. The third-order valence-electron chi connectivity index (χ3n) is 6.75. The van der Waals surface area contributed by atoms with Crippen LogP contribution in [0.4, 0.5) is 0 Å². The van der Waals surface area contributed by atoms with E-state index in [-0.39, 0.29) is 5.60 Å². The fraction of sp³-hybridized carbons (Fsp3) is 0.667. The summed E-state index contributed by atoms with van der Waals surface area (Å²) in [4.78, 5) is 10.6. The molecule has 0 unspecified atom stereocenters. The lowest BCUT2D eigenvalue weighted by atomic mass is 9.79. The zero-order valence-corrected chi connectivity index (χ0v) is 15.6. The van der Waals surface area contributed by atoms with Gasteiger partial charge in [-0.3, -0.25) is 4.90 Å². The molecule has 3 heterocycles. The quantitative estimate of drug-likeness (QED) is 0.862. The lowest BCUT2D eigenvalue weighted by Crippen LogP contribution is -2.51. The van der Waals surface area contributed by atoms with Gasteiger partial charge in [0, 0.05) is 44.4 Å². The van der Waals surface area contributed by atoms with Crippen molar-refractivity contribution in [2.45, 2.75) is 62.8 Å². The van der Waals surface area contributed by atoms with Crippen LogP contribution in [0.15, 0.2) is 24.4 Å². The van der Waals surface area contributed by atoms with Crippen molar-refractivity contribution in [3.8, 4) is 0 Å². The summed E-state index contributed by atoms with van der Waals surface area (Å²) in [6, 6.07) is 6.83. The second kappa shape index (κ2) is 6.63. The minimum absolute atomic E-state index is 0.00989.